The number of hydrogen-bond acceptors (Lipinski definition) is 3. The highest BCUT2D eigenvalue weighted by Gasteiger charge is 2.19. The molecule has 0 fully saturated rings. The maximum atomic E-state index is 11.5. The number of benzene rings is 2. The molecule has 0 aliphatic heterocycles. The van der Waals surface area contributed by atoms with Crippen LogP contribution in [0.3, 0.4) is 0 Å². The average molecular weight is 404 g/mol. The van der Waals surface area contributed by atoms with Crippen LogP contribution in [0.25, 0.3) is 11.1 Å². The number of ether oxygens (including phenoxy) is 1. The fourth-order valence-electron chi connectivity index (χ4n) is 1.97. The van der Waals surface area contributed by atoms with E-state index in [4.69, 9.17) is 4.74 Å². The van der Waals surface area contributed by atoms with Crippen LogP contribution in [0.2, 0.25) is 0 Å². The highest BCUT2D eigenvalue weighted by atomic mass is 127. The fraction of sp³-hybridized carbons (Fsp3) is 0.143. The van der Waals surface area contributed by atoms with Crippen molar-refractivity contribution in [2.45, 2.75) is 11.8 Å². The van der Waals surface area contributed by atoms with Gasteiger partial charge in [-0.25, -0.2) is 0 Å². The van der Waals surface area contributed by atoms with Crippen LogP contribution in [-0.2, 0) is 10.1 Å². The molecule has 0 aliphatic carbocycles. The molecule has 4 nitrogen and oxygen atoms in total. The summed E-state index contributed by atoms with van der Waals surface area (Å²) in [5.74, 6) is 0.556. The second-order valence-corrected chi connectivity index (χ2v) is 6.95. The Kier molecular flexibility index (Phi) is 4.36. The first-order chi connectivity index (χ1) is 9.32. The molecule has 2 rings (SSSR count). The van der Waals surface area contributed by atoms with Crippen LogP contribution < -0.4 is 4.74 Å². The zero-order chi connectivity index (χ0) is 14.9. The minimum atomic E-state index is -4.29. The molecule has 1 N–H and O–H groups in total. The van der Waals surface area contributed by atoms with Crippen molar-refractivity contribution in [2.24, 2.45) is 0 Å². The minimum absolute atomic E-state index is 0.122. The zero-order valence-corrected chi connectivity index (χ0v) is 13.9. The van der Waals surface area contributed by atoms with Crippen molar-refractivity contribution in [3.8, 4) is 16.9 Å². The second-order valence-electron chi connectivity index (χ2n) is 4.32. The maximum absolute atomic E-state index is 11.5. The van der Waals surface area contributed by atoms with Crippen LogP contribution in [-0.4, -0.2) is 20.1 Å². The predicted molar refractivity (Wildman–Crippen MR) is 85.7 cm³/mol. The van der Waals surface area contributed by atoms with Crippen molar-refractivity contribution >= 4 is 32.7 Å². The zero-order valence-electron chi connectivity index (χ0n) is 10.9. The van der Waals surface area contributed by atoms with Crippen molar-refractivity contribution in [1.29, 1.82) is 0 Å². The minimum Gasteiger partial charge on any atom is -0.496 e. The van der Waals surface area contributed by atoms with E-state index in [2.05, 4.69) is 22.6 Å². The highest BCUT2D eigenvalue weighted by Crippen LogP contribution is 2.36. The van der Waals surface area contributed by atoms with Crippen LogP contribution in [0, 0.1) is 10.5 Å². The Morgan fingerprint density at radius 1 is 1.10 bits per heavy atom. The van der Waals surface area contributed by atoms with Gasteiger partial charge in [0.1, 0.15) is 10.6 Å². The summed E-state index contributed by atoms with van der Waals surface area (Å²) in [5.41, 5.74) is 1.96. The molecule has 0 unspecified atom stereocenters. The van der Waals surface area contributed by atoms with Crippen LogP contribution in [0.4, 0.5) is 0 Å². The van der Waals surface area contributed by atoms with Gasteiger partial charge in [0.05, 0.1) is 7.11 Å². The highest BCUT2D eigenvalue weighted by molar-refractivity contribution is 14.1. The first kappa shape index (κ1) is 15.3. The molecule has 6 heteroatoms. The Morgan fingerprint density at radius 3 is 2.40 bits per heavy atom. The van der Waals surface area contributed by atoms with Crippen molar-refractivity contribution in [1.82, 2.24) is 0 Å². The standard InChI is InChI=1S/C14H13IO4S/c1-9-3-6-14(20(16,17)18)12(7-9)11-8-10(15)4-5-13(11)19-2/h3-8H,1-2H3,(H,16,17,18). The summed E-state index contributed by atoms with van der Waals surface area (Å²) in [6.07, 6.45) is 0. The largest absolute Gasteiger partial charge is 0.496 e. The molecule has 0 aromatic heterocycles. The summed E-state index contributed by atoms with van der Waals surface area (Å²) in [4.78, 5) is -0.122. The van der Waals surface area contributed by atoms with Gasteiger partial charge in [-0.15, -0.1) is 0 Å². The third-order valence-electron chi connectivity index (χ3n) is 2.86. The first-order valence-corrected chi connectivity index (χ1v) is 8.27. The molecule has 0 heterocycles. The molecular formula is C14H13IO4S. The summed E-state index contributed by atoms with van der Waals surface area (Å²) < 4.78 is 38.7. The molecule has 0 saturated heterocycles. The van der Waals surface area contributed by atoms with E-state index in [9.17, 15) is 13.0 Å². The van der Waals surface area contributed by atoms with Gasteiger partial charge >= 0.3 is 0 Å². The molecule has 0 spiro atoms. The van der Waals surface area contributed by atoms with Gasteiger partial charge in [-0.3, -0.25) is 4.55 Å². The van der Waals surface area contributed by atoms with E-state index in [1.54, 1.807) is 18.2 Å². The number of methoxy groups -OCH3 is 1. The molecule has 0 atom stereocenters. The van der Waals surface area contributed by atoms with Crippen LogP contribution in [0.15, 0.2) is 41.3 Å². The van der Waals surface area contributed by atoms with E-state index in [1.165, 1.54) is 13.2 Å². The Bertz CT molecular complexity index is 754. The molecule has 0 amide bonds. The maximum Gasteiger partial charge on any atom is 0.295 e. The van der Waals surface area contributed by atoms with Gasteiger partial charge in [-0.2, -0.15) is 8.42 Å². The van der Waals surface area contributed by atoms with Crippen LogP contribution in [0.1, 0.15) is 5.56 Å². The average Bonchev–Trinajstić information content (AvgIpc) is 2.37. The van der Waals surface area contributed by atoms with E-state index in [0.29, 0.717) is 16.9 Å². The van der Waals surface area contributed by atoms with Gasteiger partial charge in [-0.1, -0.05) is 11.6 Å². The number of hydrogen-bond donors (Lipinski definition) is 1. The van der Waals surface area contributed by atoms with E-state index in [-0.39, 0.29) is 4.90 Å². The lowest BCUT2D eigenvalue weighted by Gasteiger charge is -2.13. The van der Waals surface area contributed by atoms with Gasteiger partial charge < -0.3 is 4.74 Å². The molecule has 2 aromatic carbocycles. The van der Waals surface area contributed by atoms with E-state index in [0.717, 1.165) is 9.13 Å². The molecular weight excluding hydrogens is 391 g/mol. The summed E-state index contributed by atoms with van der Waals surface area (Å²) in [7, 11) is -2.77. The quantitative estimate of drug-likeness (QED) is 0.628. The Hall–Kier alpha value is -1.12. The van der Waals surface area contributed by atoms with E-state index >= 15 is 0 Å². The Labute approximate surface area is 131 Å². The summed E-state index contributed by atoms with van der Waals surface area (Å²) in [6.45, 7) is 1.86. The predicted octanol–water partition coefficient (Wildman–Crippen LogP) is 3.52. The third-order valence-corrected chi connectivity index (χ3v) is 4.45. The first-order valence-electron chi connectivity index (χ1n) is 5.75. The monoisotopic (exact) mass is 404 g/mol. The van der Waals surface area contributed by atoms with E-state index < -0.39 is 10.1 Å². The van der Waals surface area contributed by atoms with Gasteiger partial charge in [0.25, 0.3) is 10.1 Å². The number of halogens is 1. The number of rotatable bonds is 3. The van der Waals surface area contributed by atoms with Crippen molar-refractivity contribution in [2.75, 3.05) is 7.11 Å². The number of aryl methyl sites for hydroxylation is 1. The van der Waals surface area contributed by atoms with Gasteiger partial charge in [0, 0.05) is 14.7 Å². The molecule has 0 saturated carbocycles. The van der Waals surface area contributed by atoms with Crippen molar-refractivity contribution in [3.63, 3.8) is 0 Å². The summed E-state index contributed by atoms with van der Waals surface area (Å²) in [6, 6.07) is 10.2. The van der Waals surface area contributed by atoms with Crippen molar-refractivity contribution in [3.05, 3.63) is 45.5 Å². The normalized spacial score (nSPS) is 11.4. The SMILES string of the molecule is COc1ccc(I)cc1-c1cc(C)ccc1S(=O)(=O)O. The molecule has 0 radical (unpaired) electrons. The molecule has 2 aromatic rings. The molecule has 0 aliphatic rings. The lowest BCUT2D eigenvalue weighted by atomic mass is 10.0. The summed E-state index contributed by atoms with van der Waals surface area (Å²) >= 11 is 2.14. The molecule has 0 bridgehead atoms. The van der Waals surface area contributed by atoms with Gasteiger partial charge in [0.2, 0.25) is 0 Å². The fourth-order valence-corrected chi connectivity index (χ4v) is 3.15. The Balaban J connectivity index is 2.81. The Morgan fingerprint density at radius 2 is 1.80 bits per heavy atom. The van der Waals surface area contributed by atoms with Gasteiger partial charge in [-0.05, 0) is 59.8 Å². The van der Waals surface area contributed by atoms with Crippen LogP contribution in [0.5, 0.6) is 5.75 Å². The molecule has 106 valence electrons. The summed E-state index contributed by atoms with van der Waals surface area (Å²) in [5, 5.41) is 0. The van der Waals surface area contributed by atoms with Crippen LogP contribution >= 0.6 is 22.6 Å². The topological polar surface area (TPSA) is 63.6 Å². The second kappa shape index (κ2) is 5.71. The van der Waals surface area contributed by atoms with Gasteiger partial charge in [0.15, 0.2) is 0 Å². The molecule has 20 heavy (non-hydrogen) atoms. The third kappa shape index (κ3) is 3.13. The lowest BCUT2D eigenvalue weighted by Crippen LogP contribution is -2.02. The smallest absolute Gasteiger partial charge is 0.295 e. The van der Waals surface area contributed by atoms with Crippen molar-refractivity contribution < 1.29 is 17.7 Å². The lowest BCUT2D eigenvalue weighted by molar-refractivity contribution is 0.416. The van der Waals surface area contributed by atoms with E-state index in [1.807, 2.05) is 19.1 Å².